The Kier molecular flexibility index (Phi) is 4.88. The maximum atomic E-state index is 10.2. The van der Waals surface area contributed by atoms with Crippen molar-refractivity contribution in [2.24, 2.45) is 5.73 Å². The highest BCUT2D eigenvalue weighted by molar-refractivity contribution is 5.75. The Morgan fingerprint density at radius 2 is 2.40 bits per heavy atom. The summed E-state index contributed by atoms with van der Waals surface area (Å²) in [6.07, 6.45) is 0.124. The van der Waals surface area contributed by atoms with E-state index >= 15 is 0 Å². The predicted molar refractivity (Wildman–Crippen MR) is 38.5 cm³/mol. The Balaban J connectivity index is 3.11. The molecule has 0 aromatic carbocycles. The van der Waals surface area contributed by atoms with Crippen molar-refractivity contribution in [1.82, 2.24) is 5.32 Å². The number of carbonyl (C=O) groups excluding carboxylic acids is 1. The molecule has 0 rings (SSSR count). The minimum atomic E-state index is -0.344. The second-order valence-electron chi connectivity index (χ2n) is 2.14. The molecular formula is C6H14N2O2. The van der Waals surface area contributed by atoms with Gasteiger partial charge in [0.15, 0.2) is 0 Å². The number of carbonyl (C=O) groups is 1. The summed E-state index contributed by atoms with van der Waals surface area (Å²) in [5, 5.41) is 2.84. The van der Waals surface area contributed by atoms with E-state index in [1.807, 2.05) is 6.92 Å². The molecule has 4 heteroatoms. The van der Waals surface area contributed by atoms with Crippen molar-refractivity contribution < 1.29 is 9.53 Å². The number of amides is 1. The molecule has 0 spiro atoms. The number of nitrogens with two attached hydrogens (primary N) is 1. The second kappa shape index (κ2) is 5.20. The Morgan fingerprint density at radius 3 is 2.80 bits per heavy atom. The van der Waals surface area contributed by atoms with Crippen molar-refractivity contribution in [1.29, 1.82) is 0 Å². The van der Waals surface area contributed by atoms with Crippen LogP contribution in [0.15, 0.2) is 0 Å². The number of hydrogen-bond donors (Lipinski definition) is 2. The van der Waals surface area contributed by atoms with Crippen molar-refractivity contribution >= 4 is 5.91 Å². The lowest BCUT2D eigenvalue weighted by molar-refractivity contribution is -0.117. The van der Waals surface area contributed by atoms with Gasteiger partial charge in [0.1, 0.15) is 0 Å². The second-order valence-corrected chi connectivity index (χ2v) is 2.14. The highest BCUT2D eigenvalue weighted by atomic mass is 16.5. The molecule has 1 atom stereocenters. The van der Waals surface area contributed by atoms with Gasteiger partial charge in [-0.2, -0.15) is 0 Å². The van der Waals surface area contributed by atoms with Crippen molar-refractivity contribution in [3.63, 3.8) is 0 Å². The Labute approximate surface area is 60.7 Å². The molecule has 1 unspecified atom stereocenters. The standard InChI is InChI=1S/C6H14N2O2/c1-5(10-2)3-8-4-6(7)9/h5,8H,3-4H2,1-2H3,(H2,7,9). The number of rotatable bonds is 5. The Hall–Kier alpha value is -0.610. The highest BCUT2D eigenvalue weighted by Gasteiger charge is 1.98. The molecule has 0 saturated heterocycles. The van der Waals surface area contributed by atoms with Crippen molar-refractivity contribution in [2.75, 3.05) is 20.2 Å². The summed E-state index contributed by atoms with van der Waals surface area (Å²) in [5.74, 6) is -0.344. The molecule has 0 bridgehead atoms. The van der Waals surface area contributed by atoms with Crippen molar-refractivity contribution in [3.05, 3.63) is 0 Å². The topological polar surface area (TPSA) is 64.3 Å². The largest absolute Gasteiger partial charge is 0.380 e. The monoisotopic (exact) mass is 146 g/mol. The van der Waals surface area contributed by atoms with Gasteiger partial charge in [-0.05, 0) is 6.92 Å². The summed E-state index contributed by atoms with van der Waals surface area (Å²) >= 11 is 0. The van der Waals surface area contributed by atoms with Gasteiger partial charge in [0, 0.05) is 13.7 Å². The molecule has 0 radical (unpaired) electrons. The minimum Gasteiger partial charge on any atom is -0.380 e. The first kappa shape index (κ1) is 9.39. The minimum absolute atomic E-state index is 0.124. The van der Waals surface area contributed by atoms with E-state index < -0.39 is 0 Å². The fraction of sp³-hybridized carbons (Fsp3) is 0.833. The summed E-state index contributed by atoms with van der Waals surface area (Å²) in [4.78, 5) is 10.2. The van der Waals surface area contributed by atoms with Crippen LogP contribution in [-0.2, 0) is 9.53 Å². The molecule has 0 aliphatic rings. The van der Waals surface area contributed by atoms with Gasteiger partial charge in [-0.25, -0.2) is 0 Å². The molecule has 10 heavy (non-hydrogen) atoms. The van der Waals surface area contributed by atoms with Gasteiger partial charge in [0.25, 0.3) is 0 Å². The summed E-state index contributed by atoms with van der Waals surface area (Å²) < 4.78 is 4.92. The van der Waals surface area contributed by atoms with E-state index in [2.05, 4.69) is 5.32 Å². The molecule has 0 saturated carbocycles. The van der Waals surface area contributed by atoms with Crippen LogP contribution in [0.3, 0.4) is 0 Å². The summed E-state index contributed by atoms with van der Waals surface area (Å²) in [6.45, 7) is 2.78. The number of methoxy groups -OCH3 is 1. The number of nitrogens with one attached hydrogen (secondary N) is 1. The Bertz CT molecular complexity index is 106. The molecule has 0 aromatic rings. The van der Waals surface area contributed by atoms with E-state index in [9.17, 15) is 4.79 Å². The lowest BCUT2D eigenvalue weighted by Crippen LogP contribution is -2.33. The van der Waals surface area contributed by atoms with Gasteiger partial charge in [0.05, 0.1) is 12.6 Å². The zero-order chi connectivity index (χ0) is 7.98. The van der Waals surface area contributed by atoms with Gasteiger partial charge in [-0.3, -0.25) is 4.79 Å². The van der Waals surface area contributed by atoms with E-state index in [-0.39, 0.29) is 18.6 Å². The van der Waals surface area contributed by atoms with Gasteiger partial charge < -0.3 is 15.8 Å². The lowest BCUT2D eigenvalue weighted by Gasteiger charge is -2.08. The third-order valence-electron chi connectivity index (χ3n) is 1.13. The van der Waals surface area contributed by atoms with Crippen LogP contribution in [0.4, 0.5) is 0 Å². The van der Waals surface area contributed by atoms with Gasteiger partial charge in [-0.15, -0.1) is 0 Å². The summed E-state index contributed by atoms with van der Waals surface area (Å²) in [7, 11) is 1.62. The SMILES string of the molecule is COC(C)CNCC(N)=O. The zero-order valence-electron chi connectivity index (χ0n) is 6.39. The third kappa shape index (κ3) is 5.53. The molecule has 60 valence electrons. The van der Waals surface area contributed by atoms with Crippen LogP contribution in [0, 0.1) is 0 Å². The first-order chi connectivity index (χ1) is 4.66. The van der Waals surface area contributed by atoms with Crippen LogP contribution in [-0.4, -0.2) is 32.2 Å². The molecule has 0 aliphatic heterocycles. The van der Waals surface area contributed by atoms with Crippen LogP contribution in [0.1, 0.15) is 6.92 Å². The van der Waals surface area contributed by atoms with Crippen LogP contribution < -0.4 is 11.1 Å². The van der Waals surface area contributed by atoms with Gasteiger partial charge in [-0.1, -0.05) is 0 Å². The average Bonchev–Trinajstić information content (AvgIpc) is 1.87. The van der Waals surface area contributed by atoms with Crippen LogP contribution in [0.5, 0.6) is 0 Å². The highest BCUT2D eigenvalue weighted by Crippen LogP contribution is 1.81. The lowest BCUT2D eigenvalue weighted by atomic mass is 10.4. The van der Waals surface area contributed by atoms with E-state index in [0.29, 0.717) is 6.54 Å². The number of hydrogen-bond acceptors (Lipinski definition) is 3. The molecule has 0 aliphatic carbocycles. The smallest absolute Gasteiger partial charge is 0.231 e. The molecule has 1 amide bonds. The maximum absolute atomic E-state index is 10.2. The zero-order valence-corrected chi connectivity index (χ0v) is 6.39. The summed E-state index contributed by atoms with van der Waals surface area (Å²) in [6, 6.07) is 0. The molecule has 0 aromatic heterocycles. The van der Waals surface area contributed by atoms with Crippen LogP contribution >= 0.6 is 0 Å². The van der Waals surface area contributed by atoms with Gasteiger partial charge >= 0.3 is 0 Å². The average molecular weight is 146 g/mol. The molecule has 0 fully saturated rings. The van der Waals surface area contributed by atoms with Crippen LogP contribution in [0.2, 0.25) is 0 Å². The molecule has 4 nitrogen and oxygen atoms in total. The van der Waals surface area contributed by atoms with Gasteiger partial charge in [0.2, 0.25) is 5.91 Å². The number of ether oxygens (including phenoxy) is 1. The van der Waals surface area contributed by atoms with Crippen molar-refractivity contribution in [3.8, 4) is 0 Å². The maximum Gasteiger partial charge on any atom is 0.231 e. The van der Waals surface area contributed by atoms with Crippen molar-refractivity contribution in [2.45, 2.75) is 13.0 Å². The van der Waals surface area contributed by atoms with Crippen LogP contribution in [0.25, 0.3) is 0 Å². The van der Waals surface area contributed by atoms with E-state index in [1.165, 1.54) is 0 Å². The molecule has 3 N–H and O–H groups in total. The quantitative estimate of drug-likeness (QED) is 0.528. The first-order valence-corrected chi connectivity index (χ1v) is 3.18. The van der Waals surface area contributed by atoms with E-state index in [4.69, 9.17) is 10.5 Å². The molecule has 0 heterocycles. The first-order valence-electron chi connectivity index (χ1n) is 3.18. The fourth-order valence-corrected chi connectivity index (χ4v) is 0.482. The van der Waals surface area contributed by atoms with E-state index in [1.54, 1.807) is 7.11 Å². The third-order valence-corrected chi connectivity index (χ3v) is 1.13. The fourth-order valence-electron chi connectivity index (χ4n) is 0.482. The van der Waals surface area contributed by atoms with E-state index in [0.717, 1.165) is 0 Å². The summed E-state index contributed by atoms with van der Waals surface area (Å²) in [5.41, 5.74) is 4.88. The normalized spacial score (nSPS) is 13.0. The molecular weight excluding hydrogens is 132 g/mol. The predicted octanol–water partition coefficient (Wildman–Crippen LogP) is -0.904. The Morgan fingerprint density at radius 1 is 1.80 bits per heavy atom. The number of primary amides is 1.